The second kappa shape index (κ2) is 11.7. The molecule has 0 aliphatic carbocycles. The number of amidine groups is 1. The van der Waals surface area contributed by atoms with Gasteiger partial charge in [0.2, 0.25) is 5.91 Å². The Morgan fingerprint density at radius 3 is 2.46 bits per heavy atom. The molecule has 0 saturated carbocycles. The molecule has 2 heterocycles. The lowest BCUT2D eigenvalue weighted by atomic mass is 9.80. The Morgan fingerprint density at radius 2 is 1.91 bits per heavy atom. The number of carbonyl (C=O) groups is 3. The number of carboxylic acid groups (broad SMARTS) is 1. The van der Waals surface area contributed by atoms with Gasteiger partial charge in [-0.2, -0.15) is 0 Å². The molecule has 8 nitrogen and oxygen atoms in total. The van der Waals surface area contributed by atoms with Crippen molar-refractivity contribution in [2.75, 3.05) is 31.3 Å². The van der Waals surface area contributed by atoms with Crippen LogP contribution in [0.4, 0.5) is 0 Å². The zero-order valence-corrected chi connectivity index (χ0v) is 22.8. The van der Waals surface area contributed by atoms with E-state index in [1.807, 2.05) is 42.7 Å². The van der Waals surface area contributed by atoms with Gasteiger partial charge in [-0.25, -0.2) is 0 Å². The highest BCUT2D eigenvalue weighted by Crippen LogP contribution is 2.30. The number of amides is 2. The Balaban J connectivity index is 1.65. The summed E-state index contributed by atoms with van der Waals surface area (Å²) in [5.74, 6) is 1.36. The largest absolute Gasteiger partial charge is 0.481 e. The Hall–Kier alpha value is -2.12. The average Bonchev–Trinajstić information content (AvgIpc) is 3.36. The molecular weight excluding hydrogens is 483 g/mol. The van der Waals surface area contributed by atoms with E-state index < -0.39 is 11.4 Å². The molecule has 10 heteroatoms. The predicted octanol–water partition coefficient (Wildman–Crippen LogP) is 2.77. The van der Waals surface area contributed by atoms with Crippen molar-refractivity contribution in [3.05, 3.63) is 29.3 Å². The zero-order chi connectivity index (χ0) is 25.8. The lowest BCUT2D eigenvalue weighted by Gasteiger charge is -2.40. The predicted molar refractivity (Wildman–Crippen MR) is 144 cm³/mol. The van der Waals surface area contributed by atoms with Crippen LogP contribution in [0, 0.1) is 16.7 Å². The number of carbonyl (C=O) groups excluding carboxylic acids is 2. The van der Waals surface area contributed by atoms with Gasteiger partial charge < -0.3 is 20.2 Å². The Labute approximate surface area is 214 Å². The second-order valence-electron chi connectivity index (χ2n) is 9.94. The molecule has 0 aromatic heterocycles. The van der Waals surface area contributed by atoms with Crippen molar-refractivity contribution >= 4 is 49.9 Å². The van der Waals surface area contributed by atoms with Crippen LogP contribution in [-0.2, 0) is 9.59 Å². The third kappa shape index (κ3) is 6.56. The molecule has 2 amide bonds. The smallest absolute Gasteiger partial charge is 0.303 e. The average molecular weight is 521 g/mol. The number of hydrogen-bond acceptors (Lipinski definition) is 5. The van der Waals surface area contributed by atoms with E-state index in [1.54, 1.807) is 17.8 Å². The molecule has 2 saturated heterocycles. The summed E-state index contributed by atoms with van der Waals surface area (Å²) in [7, 11) is 2.60. The minimum absolute atomic E-state index is 0.0169. The Bertz CT molecular complexity index is 972. The monoisotopic (exact) mass is 520 g/mol. The molecule has 192 valence electrons. The lowest BCUT2D eigenvalue weighted by molar-refractivity contribution is -0.143. The summed E-state index contributed by atoms with van der Waals surface area (Å²) < 4.78 is 0. The van der Waals surface area contributed by atoms with Gasteiger partial charge in [0.25, 0.3) is 5.91 Å². The van der Waals surface area contributed by atoms with Crippen molar-refractivity contribution in [1.82, 2.24) is 15.1 Å². The number of carboxylic acids is 1. The number of thioether (sulfide) groups is 1. The van der Waals surface area contributed by atoms with E-state index >= 15 is 0 Å². The van der Waals surface area contributed by atoms with E-state index in [1.165, 1.54) is 0 Å². The van der Waals surface area contributed by atoms with Crippen LogP contribution in [0.25, 0.3) is 0 Å². The molecule has 2 fully saturated rings. The van der Waals surface area contributed by atoms with Crippen molar-refractivity contribution in [3.8, 4) is 0 Å². The number of benzene rings is 1. The molecule has 0 spiro atoms. The fourth-order valence-corrected chi connectivity index (χ4v) is 6.23. The first kappa shape index (κ1) is 27.5. The van der Waals surface area contributed by atoms with Gasteiger partial charge >= 0.3 is 5.97 Å². The standard InChI is InChI=1S/C25H37N4O4PS/c1-4-20(25(2,3)24(33)28-9-7-16(8-10-28)13-21(30)31)27-23(32)18-6-5-17(14-19(18)34)22(26)29-11-12-35-15-29/h5-6,14,16,20,26H,4,7-13,15,34H2,1-3H3,(H,27,32)(H,30,31). The summed E-state index contributed by atoms with van der Waals surface area (Å²) in [6.07, 6.45) is 2.11. The minimum Gasteiger partial charge on any atom is -0.481 e. The molecule has 0 radical (unpaired) electrons. The molecule has 2 atom stereocenters. The summed E-state index contributed by atoms with van der Waals surface area (Å²) in [5, 5.41) is 21.3. The fraction of sp³-hybridized carbons (Fsp3) is 0.600. The quantitative estimate of drug-likeness (QED) is 0.276. The third-order valence-corrected chi connectivity index (χ3v) is 8.58. The van der Waals surface area contributed by atoms with Crippen molar-refractivity contribution < 1.29 is 19.5 Å². The first-order chi connectivity index (χ1) is 16.5. The summed E-state index contributed by atoms with van der Waals surface area (Å²) in [6.45, 7) is 7.64. The Morgan fingerprint density at radius 1 is 1.23 bits per heavy atom. The minimum atomic E-state index is -0.805. The topological polar surface area (TPSA) is 114 Å². The maximum Gasteiger partial charge on any atom is 0.303 e. The molecule has 1 aromatic carbocycles. The summed E-state index contributed by atoms with van der Waals surface area (Å²) in [4.78, 5) is 41.4. The fourth-order valence-electron chi connectivity index (χ4n) is 4.86. The molecule has 2 aliphatic heterocycles. The summed E-state index contributed by atoms with van der Waals surface area (Å²) >= 11 is 1.80. The molecule has 3 N–H and O–H groups in total. The number of aliphatic carboxylic acids is 1. The van der Waals surface area contributed by atoms with Gasteiger partial charge in [0.15, 0.2) is 0 Å². The van der Waals surface area contributed by atoms with E-state index in [4.69, 9.17) is 10.5 Å². The van der Waals surface area contributed by atoms with Gasteiger partial charge in [-0.05, 0) is 56.5 Å². The highest BCUT2D eigenvalue weighted by Gasteiger charge is 2.40. The number of hydrogen-bond donors (Lipinski definition) is 3. The van der Waals surface area contributed by atoms with Crippen LogP contribution < -0.4 is 10.6 Å². The Kier molecular flexibility index (Phi) is 9.22. The highest BCUT2D eigenvalue weighted by molar-refractivity contribution is 7.99. The first-order valence-corrected chi connectivity index (χ1v) is 13.9. The van der Waals surface area contributed by atoms with Crippen LogP contribution in [0.2, 0.25) is 0 Å². The van der Waals surface area contributed by atoms with Crippen molar-refractivity contribution in [3.63, 3.8) is 0 Å². The maximum absolute atomic E-state index is 13.4. The van der Waals surface area contributed by atoms with Crippen LogP contribution in [0.1, 0.15) is 62.4 Å². The zero-order valence-electron chi connectivity index (χ0n) is 20.8. The van der Waals surface area contributed by atoms with Crippen LogP contribution >= 0.6 is 21.0 Å². The van der Waals surface area contributed by atoms with Gasteiger partial charge in [0.05, 0.1) is 11.3 Å². The van der Waals surface area contributed by atoms with Gasteiger partial charge in [-0.15, -0.1) is 21.0 Å². The van der Waals surface area contributed by atoms with Gasteiger partial charge in [-0.3, -0.25) is 19.8 Å². The second-order valence-corrected chi connectivity index (χ2v) is 11.6. The normalized spacial score (nSPS) is 17.8. The van der Waals surface area contributed by atoms with E-state index in [0.717, 1.165) is 29.0 Å². The van der Waals surface area contributed by atoms with E-state index in [-0.39, 0.29) is 30.2 Å². The molecular formula is C25H37N4O4PS. The molecule has 2 aliphatic rings. The SMILES string of the molecule is CCC(NC(=O)c1ccc(C(=N)N2CCSC2)cc1P)C(C)(C)C(=O)N1CCC(CC(=O)O)CC1. The number of piperidine rings is 1. The number of nitrogens with one attached hydrogen (secondary N) is 2. The summed E-state index contributed by atoms with van der Waals surface area (Å²) in [5.41, 5.74) is 0.488. The molecule has 1 aromatic rings. The van der Waals surface area contributed by atoms with Crippen LogP contribution in [0.3, 0.4) is 0 Å². The number of rotatable bonds is 8. The summed E-state index contributed by atoms with van der Waals surface area (Å²) in [6, 6.07) is 5.05. The van der Waals surface area contributed by atoms with Crippen molar-refractivity contribution in [2.24, 2.45) is 11.3 Å². The van der Waals surface area contributed by atoms with Crippen molar-refractivity contribution in [1.29, 1.82) is 5.41 Å². The molecule has 35 heavy (non-hydrogen) atoms. The maximum atomic E-state index is 13.4. The van der Waals surface area contributed by atoms with Gasteiger partial charge in [0, 0.05) is 49.0 Å². The molecule has 3 rings (SSSR count). The van der Waals surface area contributed by atoms with Gasteiger partial charge in [0.1, 0.15) is 5.84 Å². The first-order valence-electron chi connectivity index (χ1n) is 12.2. The van der Waals surface area contributed by atoms with Crippen LogP contribution in [0.5, 0.6) is 0 Å². The van der Waals surface area contributed by atoms with E-state index in [2.05, 4.69) is 14.6 Å². The van der Waals surface area contributed by atoms with Crippen LogP contribution in [-0.4, -0.2) is 75.8 Å². The number of likely N-dealkylation sites (tertiary alicyclic amines) is 1. The lowest BCUT2D eigenvalue weighted by Crippen LogP contribution is -2.55. The molecule has 2 unspecified atom stereocenters. The van der Waals surface area contributed by atoms with E-state index in [0.29, 0.717) is 43.8 Å². The number of nitrogens with zero attached hydrogens (tertiary/aromatic N) is 2. The van der Waals surface area contributed by atoms with Crippen molar-refractivity contribution in [2.45, 2.75) is 52.5 Å². The molecule has 0 bridgehead atoms. The highest BCUT2D eigenvalue weighted by atomic mass is 32.2. The van der Waals surface area contributed by atoms with E-state index in [9.17, 15) is 14.4 Å². The van der Waals surface area contributed by atoms with Crippen LogP contribution in [0.15, 0.2) is 18.2 Å². The van der Waals surface area contributed by atoms with Gasteiger partial charge in [-0.1, -0.05) is 13.0 Å². The third-order valence-electron chi connectivity index (χ3n) is 7.14.